The summed E-state index contributed by atoms with van der Waals surface area (Å²) in [6.45, 7) is 1.93. The molecule has 0 aliphatic carbocycles. The minimum atomic E-state index is -0.124. The van der Waals surface area contributed by atoms with Crippen molar-refractivity contribution < 1.29 is 9.53 Å². The Balaban J connectivity index is 1.73. The molecule has 1 aromatic carbocycles. The normalized spacial score (nSPS) is 10.3. The predicted octanol–water partition coefficient (Wildman–Crippen LogP) is 5.26. The van der Waals surface area contributed by atoms with Crippen molar-refractivity contribution in [2.24, 2.45) is 0 Å². The number of pyridine rings is 1. The molecule has 4 nitrogen and oxygen atoms in total. The highest BCUT2D eigenvalue weighted by molar-refractivity contribution is 9.11. The number of carbonyl (C=O) groups excluding carboxylic acids is 1. The predicted molar refractivity (Wildman–Crippen MR) is 95.5 cm³/mol. The van der Waals surface area contributed by atoms with Gasteiger partial charge in [-0.25, -0.2) is 0 Å². The average Bonchev–Trinajstić information content (AvgIpc) is 2.98. The van der Waals surface area contributed by atoms with Crippen molar-refractivity contribution in [3.05, 3.63) is 69.1 Å². The first-order chi connectivity index (χ1) is 11.1. The number of rotatable bonds is 4. The third-order valence-electron chi connectivity index (χ3n) is 3.09. The standard InChI is InChI=1S/C17H13BrN2O2S/c1-11-9-12(20-17(21)15-6-7-16(18)23-15)4-5-14(11)22-13-3-2-8-19-10-13/h2-10H,1H3,(H,20,21). The molecule has 0 aliphatic heterocycles. The first-order valence-electron chi connectivity index (χ1n) is 6.87. The van der Waals surface area contributed by atoms with E-state index in [1.807, 2.05) is 43.3 Å². The van der Waals surface area contributed by atoms with Gasteiger partial charge in [0, 0.05) is 11.9 Å². The Kier molecular flexibility index (Phi) is 4.73. The summed E-state index contributed by atoms with van der Waals surface area (Å²) in [6, 6.07) is 12.8. The Hall–Kier alpha value is -2.18. The van der Waals surface area contributed by atoms with E-state index >= 15 is 0 Å². The number of nitrogens with one attached hydrogen (secondary N) is 1. The second-order valence-corrected chi connectivity index (χ2v) is 7.29. The Morgan fingerprint density at radius 1 is 1.26 bits per heavy atom. The van der Waals surface area contributed by atoms with Gasteiger partial charge < -0.3 is 10.1 Å². The minimum Gasteiger partial charge on any atom is -0.455 e. The SMILES string of the molecule is Cc1cc(NC(=O)c2ccc(Br)s2)ccc1Oc1cccnc1. The van der Waals surface area contributed by atoms with Gasteiger partial charge in [0.1, 0.15) is 11.5 Å². The second kappa shape index (κ2) is 6.93. The van der Waals surface area contributed by atoms with Crippen molar-refractivity contribution in [1.29, 1.82) is 0 Å². The molecule has 3 rings (SSSR count). The number of benzene rings is 1. The van der Waals surface area contributed by atoms with Gasteiger partial charge in [0.15, 0.2) is 0 Å². The average molecular weight is 389 g/mol. The van der Waals surface area contributed by atoms with E-state index in [9.17, 15) is 4.79 Å². The number of thiophene rings is 1. The molecule has 2 aromatic heterocycles. The smallest absolute Gasteiger partial charge is 0.265 e. The number of anilines is 1. The molecule has 1 amide bonds. The van der Waals surface area contributed by atoms with Crippen LogP contribution < -0.4 is 10.1 Å². The van der Waals surface area contributed by atoms with E-state index in [4.69, 9.17) is 4.74 Å². The number of amides is 1. The molecule has 0 bridgehead atoms. The zero-order valence-electron chi connectivity index (χ0n) is 12.2. The molecule has 0 radical (unpaired) electrons. The van der Waals surface area contributed by atoms with Crippen LogP contribution in [0.1, 0.15) is 15.2 Å². The summed E-state index contributed by atoms with van der Waals surface area (Å²) in [6.07, 6.45) is 3.35. The number of aromatic nitrogens is 1. The van der Waals surface area contributed by atoms with E-state index in [0.29, 0.717) is 10.6 Å². The summed E-state index contributed by atoms with van der Waals surface area (Å²) in [7, 11) is 0. The number of ether oxygens (including phenoxy) is 1. The van der Waals surface area contributed by atoms with Crippen LogP contribution in [-0.2, 0) is 0 Å². The lowest BCUT2D eigenvalue weighted by atomic mass is 10.2. The molecule has 0 saturated heterocycles. The largest absolute Gasteiger partial charge is 0.455 e. The molecule has 0 unspecified atom stereocenters. The number of nitrogens with zero attached hydrogens (tertiary/aromatic N) is 1. The lowest BCUT2D eigenvalue weighted by Gasteiger charge is -2.10. The van der Waals surface area contributed by atoms with Crippen LogP contribution in [-0.4, -0.2) is 10.9 Å². The third kappa shape index (κ3) is 3.97. The van der Waals surface area contributed by atoms with Gasteiger partial charge >= 0.3 is 0 Å². The van der Waals surface area contributed by atoms with Crippen molar-refractivity contribution in [3.63, 3.8) is 0 Å². The van der Waals surface area contributed by atoms with E-state index in [0.717, 1.165) is 20.8 Å². The maximum atomic E-state index is 12.2. The molecular formula is C17H13BrN2O2S. The van der Waals surface area contributed by atoms with E-state index in [2.05, 4.69) is 26.2 Å². The highest BCUT2D eigenvalue weighted by atomic mass is 79.9. The topological polar surface area (TPSA) is 51.2 Å². The molecule has 6 heteroatoms. The van der Waals surface area contributed by atoms with Gasteiger partial charge in [-0.05, 0) is 70.9 Å². The summed E-state index contributed by atoms with van der Waals surface area (Å²) in [5, 5.41) is 2.89. The maximum absolute atomic E-state index is 12.2. The third-order valence-corrected chi connectivity index (χ3v) is 4.71. The lowest BCUT2D eigenvalue weighted by Crippen LogP contribution is -2.10. The Bertz CT molecular complexity index is 834. The number of hydrogen-bond donors (Lipinski definition) is 1. The van der Waals surface area contributed by atoms with E-state index < -0.39 is 0 Å². The van der Waals surface area contributed by atoms with Crippen LogP contribution in [0.15, 0.2) is 58.6 Å². The molecule has 23 heavy (non-hydrogen) atoms. The van der Waals surface area contributed by atoms with Crippen LogP contribution in [0.25, 0.3) is 0 Å². The number of halogens is 1. The number of carbonyl (C=O) groups is 1. The van der Waals surface area contributed by atoms with Crippen molar-refractivity contribution >= 4 is 38.9 Å². The van der Waals surface area contributed by atoms with Gasteiger partial charge in [-0.15, -0.1) is 11.3 Å². The maximum Gasteiger partial charge on any atom is 0.265 e. The summed E-state index contributed by atoms with van der Waals surface area (Å²) >= 11 is 4.75. The lowest BCUT2D eigenvalue weighted by molar-refractivity contribution is 0.103. The van der Waals surface area contributed by atoms with Crippen molar-refractivity contribution in [3.8, 4) is 11.5 Å². The van der Waals surface area contributed by atoms with Crippen LogP contribution in [0.5, 0.6) is 11.5 Å². The summed E-state index contributed by atoms with van der Waals surface area (Å²) in [4.78, 5) is 16.8. The van der Waals surface area contributed by atoms with Gasteiger partial charge in [0.05, 0.1) is 14.9 Å². The number of aryl methyl sites for hydroxylation is 1. The monoisotopic (exact) mass is 388 g/mol. The molecule has 0 spiro atoms. The first kappa shape index (κ1) is 15.7. The fourth-order valence-corrected chi connectivity index (χ4v) is 3.29. The Labute approximate surface area is 146 Å². The van der Waals surface area contributed by atoms with Crippen LogP contribution in [0.2, 0.25) is 0 Å². The molecule has 0 saturated carbocycles. The summed E-state index contributed by atoms with van der Waals surface area (Å²) in [5.74, 6) is 1.28. The van der Waals surface area contributed by atoms with Crippen molar-refractivity contribution in [2.75, 3.05) is 5.32 Å². The van der Waals surface area contributed by atoms with Crippen LogP contribution in [0, 0.1) is 6.92 Å². The molecule has 3 aromatic rings. The van der Waals surface area contributed by atoms with Crippen LogP contribution in [0.4, 0.5) is 5.69 Å². The second-order valence-electron chi connectivity index (χ2n) is 4.83. The highest BCUT2D eigenvalue weighted by Crippen LogP contribution is 2.28. The van der Waals surface area contributed by atoms with E-state index in [1.54, 1.807) is 18.5 Å². The fraction of sp³-hybridized carbons (Fsp3) is 0.0588. The first-order valence-corrected chi connectivity index (χ1v) is 8.48. The van der Waals surface area contributed by atoms with Gasteiger partial charge in [-0.3, -0.25) is 9.78 Å². The molecule has 0 aliphatic rings. The van der Waals surface area contributed by atoms with Crippen molar-refractivity contribution in [1.82, 2.24) is 4.98 Å². The van der Waals surface area contributed by atoms with E-state index in [-0.39, 0.29) is 5.91 Å². The number of hydrogen-bond acceptors (Lipinski definition) is 4. The van der Waals surface area contributed by atoms with Crippen LogP contribution >= 0.6 is 27.3 Å². The minimum absolute atomic E-state index is 0.124. The Morgan fingerprint density at radius 3 is 2.78 bits per heavy atom. The summed E-state index contributed by atoms with van der Waals surface area (Å²) < 4.78 is 6.71. The van der Waals surface area contributed by atoms with Gasteiger partial charge in [-0.2, -0.15) is 0 Å². The van der Waals surface area contributed by atoms with Crippen molar-refractivity contribution in [2.45, 2.75) is 6.92 Å². The zero-order valence-corrected chi connectivity index (χ0v) is 14.6. The molecule has 0 atom stereocenters. The molecule has 116 valence electrons. The van der Waals surface area contributed by atoms with Crippen LogP contribution in [0.3, 0.4) is 0 Å². The molecule has 2 heterocycles. The summed E-state index contributed by atoms with van der Waals surface area (Å²) in [5.41, 5.74) is 1.66. The highest BCUT2D eigenvalue weighted by Gasteiger charge is 2.10. The fourth-order valence-electron chi connectivity index (χ4n) is 2.01. The molecule has 0 fully saturated rings. The Morgan fingerprint density at radius 2 is 2.13 bits per heavy atom. The van der Waals surface area contributed by atoms with Gasteiger partial charge in [0.2, 0.25) is 0 Å². The zero-order chi connectivity index (χ0) is 16.2. The molecule has 1 N–H and O–H groups in total. The van der Waals surface area contributed by atoms with Gasteiger partial charge in [-0.1, -0.05) is 0 Å². The van der Waals surface area contributed by atoms with Gasteiger partial charge in [0.25, 0.3) is 5.91 Å². The quantitative estimate of drug-likeness (QED) is 0.662. The molecular weight excluding hydrogens is 376 g/mol. The van der Waals surface area contributed by atoms with E-state index in [1.165, 1.54) is 11.3 Å².